The van der Waals surface area contributed by atoms with E-state index in [9.17, 15) is 4.79 Å². The molecule has 4 heteroatoms. The van der Waals surface area contributed by atoms with Crippen LogP contribution in [-0.4, -0.2) is 23.4 Å². The Morgan fingerprint density at radius 1 is 1.14 bits per heavy atom. The van der Waals surface area contributed by atoms with Gasteiger partial charge in [0.05, 0.1) is 6.04 Å². The van der Waals surface area contributed by atoms with Crippen LogP contribution in [0.25, 0.3) is 0 Å². The van der Waals surface area contributed by atoms with Crippen molar-refractivity contribution in [3.05, 3.63) is 64.7 Å². The van der Waals surface area contributed by atoms with Crippen molar-refractivity contribution in [2.45, 2.75) is 25.9 Å². The minimum Gasteiger partial charge on any atom is -0.325 e. The van der Waals surface area contributed by atoms with E-state index in [2.05, 4.69) is 34.5 Å². The van der Waals surface area contributed by atoms with E-state index in [1.807, 2.05) is 19.1 Å². The summed E-state index contributed by atoms with van der Waals surface area (Å²) in [5, 5.41) is 3.62. The van der Waals surface area contributed by atoms with Gasteiger partial charge in [0.25, 0.3) is 0 Å². The number of rotatable bonds is 3. The van der Waals surface area contributed by atoms with Crippen LogP contribution in [0.5, 0.6) is 0 Å². The number of halogens is 1. The average Bonchev–Trinajstić information content (AvgIpc) is 2.55. The smallest absolute Gasteiger partial charge is 0.241 e. The van der Waals surface area contributed by atoms with E-state index >= 15 is 0 Å². The second kappa shape index (κ2) is 6.51. The van der Waals surface area contributed by atoms with Gasteiger partial charge < -0.3 is 5.32 Å². The molecule has 0 aliphatic carbocycles. The molecule has 1 aliphatic rings. The molecule has 22 heavy (non-hydrogen) atoms. The molecular weight excluding hydrogens is 296 g/mol. The van der Waals surface area contributed by atoms with Crippen molar-refractivity contribution in [1.29, 1.82) is 0 Å². The van der Waals surface area contributed by atoms with E-state index in [1.165, 1.54) is 11.1 Å². The first-order valence-corrected chi connectivity index (χ1v) is 7.88. The number of fused-ring (bicyclic) bond motifs is 1. The number of carbonyl (C=O) groups excluding carboxylic acids is 1. The fourth-order valence-corrected chi connectivity index (χ4v) is 2.92. The Kier molecular flexibility index (Phi) is 4.46. The van der Waals surface area contributed by atoms with Crippen LogP contribution >= 0.6 is 11.6 Å². The van der Waals surface area contributed by atoms with Crippen molar-refractivity contribution in [2.24, 2.45) is 0 Å². The molecule has 0 saturated heterocycles. The highest BCUT2D eigenvalue weighted by atomic mass is 35.5. The van der Waals surface area contributed by atoms with Gasteiger partial charge in [-0.1, -0.05) is 35.9 Å². The van der Waals surface area contributed by atoms with Crippen molar-refractivity contribution in [1.82, 2.24) is 4.90 Å². The highest BCUT2D eigenvalue weighted by molar-refractivity contribution is 6.30. The van der Waals surface area contributed by atoms with Gasteiger partial charge in [-0.15, -0.1) is 0 Å². The zero-order chi connectivity index (χ0) is 15.5. The number of hydrogen-bond donors (Lipinski definition) is 1. The van der Waals surface area contributed by atoms with Gasteiger partial charge in [-0.25, -0.2) is 0 Å². The summed E-state index contributed by atoms with van der Waals surface area (Å²) < 4.78 is 0. The Morgan fingerprint density at radius 2 is 1.82 bits per heavy atom. The molecule has 114 valence electrons. The molecule has 1 heterocycles. The van der Waals surface area contributed by atoms with Crippen LogP contribution in [0, 0.1) is 0 Å². The number of anilines is 1. The summed E-state index contributed by atoms with van der Waals surface area (Å²) in [5.74, 6) is 0.0155. The Bertz CT molecular complexity index is 669. The number of carbonyl (C=O) groups is 1. The molecule has 0 radical (unpaired) electrons. The molecule has 1 N–H and O–H groups in total. The van der Waals surface area contributed by atoms with E-state index < -0.39 is 0 Å². The third-order valence-electron chi connectivity index (χ3n) is 4.20. The minimum atomic E-state index is -0.163. The maximum Gasteiger partial charge on any atom is 0.241 e. The Labute approximate surface area is 135 Å². The third-order valence-corrected chi connectivity index (χ3v) is 4.45. The topological polar surface area (TPSA) is 32.3 Å². The molecule has 1 atom stereocenters. The number of nitrogens with one attached hydrogen (secondary N) is 1. The predicted molar refractivity (Wildman–Crippen MR) is 90.1 cm³/mol. The lowest BCUT2D eigenvalue weighted by atomic mass is 9.99. The summed E-state index contributed by atoms with van der Waals surface area (Å²) in [5.41, 5.74) is 3.49. The molecule has 2 aromatic rings. The van der Waals surface area contributed by atoms with Crippen molar-refractivity contribution < 1.29 is 4.79 Å². The number of hydrogen-bond acceptors (Lipinski definition) is 2. The van der Waals surface area contributed by atoms with Crippen molar-refractivity contribution in [2.75, 3.05) is 11.9 Å². The Morgan fingerprint density at radius 3 is 2.55 bits per heavy atom. The second-order valence-corrected chi connectivity index (χ2v) is 6.10. The number of amides is 1. The van der Waals surface area contributed by atoms with Gasteiger partial charge in [0.15, 0.2) is 0 Å². The molecule has 3 nitrogen and oxygen atoms in total. The third kappa shape index (κ3) is 3.32. The molecule has 0 aromatic heterocycles. The average molecular weight is 315 g/mol. The molecule has 1 aliphatic heterocycles. The highest BCUT2D eigenvalue weighted by Crippen LogP contribution is 2.21. The van der Waals surface area contributed by atoms with Crippen LogP contribution < -0.4 is 5.32 Å². The molecular formula is C18H19ClN2O. The predicted octanol–water partition coefficient (Wildman–Crippen LogP) is 3.73. The molecule has 0 fully saturated rings. The standard InChI is InChI=1S/C18H19ClN2O/c1-13(18(22)20-17-8-6-16(19)7-9-17)21-11-10-14-4-2-3-5-15(14)12-21/h2-9,13H,10-12H2,1H3,(H,20,22). The lowest BCUT2D eigenvalue weighted by molar-refractivity contribution is -0.121. The summed E-state index contributed by atoms with van der Waals surface area (Å²) in [6, 6.07) is 15.5. The van der Waals surface area contributed by atoms with E-state index in [0.717, 1.165) is 25.2 Å². The first kappa shape index (κ1) is 15.1. The van der Waals surface area contributed by atoms with Gasteiger partial charge in [-0.3, -0.25) is 9.69 Å². The molecule has 0 spiro atoms. The van der Waals surface area contributed by atoms with Crippen LogP contribution in [0.1, 0.15) is 18.1 Å². The van der Waals surface area contributed by atoms with Gasteiger partial charge in [-0.2, -0.15) is 0 Å². The van der Waals surface area contributed by atoms with Gasteiger partial charge in [0.1, 0.15) is 0 Å². The molecule has 1 amide bonds. The van der Waals surface area contributed by atoms with E-state index in [1.54, 1.807) is 12.1 Å². The van der Waals surface area contributed by atoms with Crippen LogP contribution in [-0.2, 0) is 17.8 Å². The van der Waals surface area contributed by atoms with Crippen LogP contribution in [0.4, 0.5) is 5.69 Å². The SMILES string of the molecule is CC(C(=O)Nc1ccc(Cl)cc1)N1CCc2ccccc2C1. The lowest BCUT2D eigenvalue weighted by Crippen LogP contribution is -2.44. The van der Waals surface area contributed by atoms with Crippen LogP contribution in [0.3, 0.4) is 0 Å². The molecule has 0 saturated carbocycles. The normalized spacial score (nSPS) is 15.9. The van der Waals surface area contributed by atoms with Crippen LogP contribution in [0.15, 0.2) is 48.5 Å². The van der Waals surface area contributed by atoms with E-state index in [4.69, 9.17) is 11.6 Å². The summed E-state index contributed by atoms with van der Waals surface area (Å²) in [6.45, 7) is 3.69. The Balaban J connectivity index is 1.65. The van der Waals surface area contributed by atoms with E-state index in [0.29, 0.717) is 5.02 Å². The maximum atomic E-state index is 12.4. The largest absolute Gasteiger partial charge is 0.325 e. The van der Waals surface area contributed by atoms with Gasteiger partial charge >= 0.3 is 0 Å². The monoisotopic (exact) mass is 314 g/mol. The summed E-state index contributed by atoms with van der Waals surface area (Å²) in [4.78, 5) is 14.6. The summed E-state index contributed by atoms with van der Waals surface area (Å²) in [7, 11) is 0. The van der Waals surface area contributed by atoms with Crippen LogP contribution in [0.2, 0.25) is 5.02 Å². The van der Waals surface area contributed by atoms with Crippen molar-refractivity contribution >= 4 is 23.2 Å². The quantitative estimate of drug-likeness (QED) is 0.936. The first-order valence-electron chi connectivity index (χ1n) is 7.51. The maximum absolute atomic E-state index is 12.4. The van der Waals surface area contributed by atoms with Gasteiger partial charge in [0, 0.05) is 23.8 Å². The molecule has 0 bridgehead atoms. The van der Waals surface area contributed by atoms with Crippen molar-refractivity contribution in [3.8, 4) is 0 Å². The van der Waals surface area contributed by atoms with E-state index in [-0.39, 0.29) is 11.9 Å². The first-order chi connectivity index (χ1) is 10.6. The Hall–Kier alpha value is -1.84. The van der Waals surface area contributed by atoms with Gasteiger partial charge in [-0.05, 0) is 48.7 Å². The highest BCUT2D eigenvalue weighted by Gasteiger charge is 2.25. The zero-order valence-electron chi connectivity index (χ0n) is 12.6. The summed E-state index contributed by atoms with van der Waals surface area (Å²) in [6.07, 6.45) is 0.995. The molecule has 2 aromatic carbocycles. The minimum absolute atomic E-state index is 0.0155. The zero-order valence-corrected chi connectivity index (χ0v) is 13.3. The number of benzene rings is 2. The van der Waals surface area contributed by atoms with Gasteiger partial charge in [0.2, 0.25) is 5.91 Å². The molecule has 3 rings (SSSR count). The summed E-state index contributed by atoms with van der Waals surface area (Å²) >= 11 is 5.86. The fourth-order valence-electron chi connectivity index (χ4n) is 2.79. The fraction of sp³-hybridized carbons (Fsp3) is 0.278. The number of nitrogens with zero attached hydrogens (tertiary/aromatic N) is 1. The molecule has 1 unspecified atom stereocenters. The van der Waals surface area contributed by atoms with Crippen molar-refractivity contribution in [3.63, 3.8) is 0 Å². The lowest BCUT2D eigenvalue weighted by Gasteiger charge is -2.32. The second-order valence-electron chi connectivity index (χ2n) is 5.66.